The molecule has 0 bridgehead atoms. The van der Waals surface area contributed by atoms with Crippen LogP contribution >= 0.6 is 0 Å². The molecule has 14 heavy (non-hydrogen) atoms. The van der Waals surface area contributed by atoms with Crippen molar-refractivity contribution in [3.63, 3.8) is 0 Å². The monoisotopic (exact) mass is 202 g/mol. The lowest BCUT2D eigenvalue weighted by Crippen LogP contribution is -2.39. The van der Waals surface area contributed by atoms with E-state index in [4.69, 9.17) is 10.2 Å². The van der Waals surface area contributed by atoms with Crippen molar-refractivity contribution in [3.05, 3.63) is 0 Å². The molecule has 80 valence electrons. The largest absolute Gasteiger partial charge is 0.465 e. The minimum Gasteiger partial charge on any atom is -0.465 e. The van der Waals surface area contributed by atoms with E-state index in [1.54, 1.807) is 0 Å². The molecule has 1 heterocycles. The zero-order valence-electron chi connectivity index (χ0n) is 7.69. The molecule has 0 aliphatic carbocycles. The highest BCUT2D eigenvalue weighted by atomic mass is 16.4. The third kappa shape index (κ3) is 2.88. The van der Waals surface area contributed by atoms with E-state index in [1.807, 2.05) is 0 Å². The molecule has 0 aromatic carbocycles. The smallest absolute Gasteiger partial charge is 0.404 e. The predicted octanol–water partition coefficient (Wildman–Crippen LogP) is -0.859. The molecule has 1 aliphatic rings. The van der Waals surface area contributed by atoms with Gasteiger partial charge in [-0.3, -0.25) is 4.79 Å². The van der Waals surface area contributed by atoms with E-state index in [2.05, 4.69) is 10.6 Å². The molecule has 0 aromatic rings. The molecule has 1 saturated heterocycles. The highest BCUT2D eigenvalue weighted by Crippen LogP contribution is 2.15. The normalized spacial score (nSPS) is 22.9. The summed E-state index contributed by atoms with van der Waals surface area (Å²) in [7, 11) is 0. The third-order valence-corrected chi connectivity index (χ3v) is 2.28. The summed E-state index contributed by atoms with van der Waals surface area (Å²) in [6.45, 7) is 0.352. The lowest BCUT2D eigenvalue weighted by molar-refractivity contribution is -0.122. The van der Waals surface area contributed by atoms with E-state index < -0.39 is 12.1 Å². The zero-order chi connectivity index (χ0) is 10.6. The van der Waals surface area contributed by atoms with Crippen LogP contribution in [-0.4, -0.2) is 41.4 Å². The van der Waals surface area contributed by atoms with Crippen LogP contribution in [0.4, 0.5) is 4.79 Å². The molecule has 6 heteroatoms. The number of hydrogen-bond acceptors (Lipinski definition) is 3. The minimum atomic E-state index is -1.18. The molecule has 0 aromatic heterocycles. The Kier molecular flexibility index (Phi) is 3.70. The van der Waals surface area contributed by atoms with Crippen molar-refractivity contribution < 1.29 is 19.8 Å². The lowest BCUT2D eigenvalue weighted by atomic mass is 9.99. The number of carboxylic acid groups (broad SMARTS) is 1. The zero-order valence-corrected chi connectivity index (χ0v) is 7.69. The van der Waals surface area contributed by atoms with Gasteiger partial charge in [0, 0.05) is 12.5 Å². The van der Waals surface area contributed by atoms with Crippen molar-refractivity contribution in [2.45, 2.75) is 18.9 Å². The van der Waals surface area contributed by atoms with E-state index in [-0.39, 0.29) is 18.4 Å². The van der Waals surface area contributed by atoms with E-state index in [0.717, 1.165) is 0 Å². The second-order valence-corrected chi connectivity index (χ2v) is 3.34. The van der Waals surface area contributed by atoms with Gasteiger partial charge in [-0.1, -0.05) is 0 Å². The van der Waals surface area contributed by atoms with Crippen LogP contribution in [0.5, 0.6) is 0 Å². The Bertz CT molecular complexity index is 231. The first-order chi connectivity index (χ1) is 6.63. The van der Waals surface area contributed by atoms with E-state index in [0.29, 0.717) is 19.4 Å². The van der Waals surface area contributed by atoms with Gasteiger partial charge in [-0.15, -0.1) is 0 Å². The molecule has 4 N–H and O–H groups in total. The first-order valence-corrected chi connectivity index (χ1v) is 4.51. The van der Waals surface area contributed by atoms with Gasteiger partial charge in [-0.2, -0.15) is 0 Å². The van der Waals surface area contributed by atoms with Crippen LogP contribution in [0.2, 0.25) is 0 Å². The molecular formula is C8H14N2O4. The van der Waals surface area contributed by atoms with Gasteiger partial charge in [0.15, 0.2) is 0 Å². The Morgan fingerprint density at radius 3 is 2.86 bits per heavy atom. The lowest BCUT2D eigenvalue weighted by Gasteiger charge is -2.16. The van der Waals surface area contributed by atoms with Crippen molar-refractivity contribution in [1.29, 1.82) is 0 Å². The van der Waals surface area contributed by atoms with Crippen LogP contribution in [-0.2, 0) is 4.79 Å². The number of hydrogen-bond donors (Lipinski definition) is 4. The summed E-state index contributed by atoms with van der Waals surface area (Å²) in [5, 5.41) is 22.1. The molecule has 2 amide bonds. The Balaban J connectivity index is 2.39. The van der Waals surface area contributed by atoms with Gasteiger partial charge in [0.2, 0.25) is 5.91 Å². The molecule has 0 radical (unpaired) electrons. The van der Waals surface area contributed by atoms with E-state index in [1.165, 1.54) is 0 Å². The molecule has 1 unspecified atom stereocenters. The molecule has 0 saturated carbocycles. The molecule has 1 aliphatic heterocycles. The molecular weight excluding hydrogens is 188 g/mol. The maximum absolute atomic E-state index is 11.1. The number of carbonyl (C=O) groups is 2. The molecule has 1 fully saturated rings. The first-order valence-electron chi connectivity index (χ1n) is 4.51. The summed E-state index contributed by atoms with van der Waals surface area (Å²) >= 11 is 0. The third-order valence-electron chi connectivity index (χ3n) is 2.28. The summed E-state index contributed by atoms with van der Waals surface area (Å²) in [5.74, 6) is -0.241. The van der Waals surface area contributed by atoms with Crippen LogP contribution in [0.1, 0.15) is 12.8 Å². The topological polar surface area (TPSA) is 98.7 Å². The summed E-state index contributed by atoms with van der Waals surface area (Å²) < 4.78 is 0. The molecule has 1 rings (SSSR count). The Morgan fingerprint density at radius 2 is 2.43 bits per heavy atom. The SMILES string of the molecule is O=C(O)NC(CO)C[C@@H]1CCNC1=O. The maximum atomic E-state index is 11.1. The van der Waals surface area contributed by atoms with Crippen LogP contribution in [0.15, 0.2) is 0 Å². The summed E-state index contributed by atoms with van der Waals surface area (Å²) in [6.07, 6.45) is -0.118. The van der Waals surface area contributed by atoms with Crippen LogP contribution in [0, 0.1) is 5.92 Å². The Hall–Kier alpha value is -1.30. The van der Waals surface area contributed by atoms with Crippen LogP contribution in [0.25, 0.3) is 0 Å². The number of amides is 2. The predicted molar refractivity (Wildman–Crippen MR) is 47.8 cm³/mol. The van der Waals surface area contributed by atoms with Crippen molar-refractivity contribution >= 4 is 12.0 Å². The Morgan fingerprint density at radius 1 is 1.71 bits per heavy atom. The first kappa shape index (κ1) is 10.8. The average Bonchev–Trinajstić information content (AvgIpc) is 2.50. The fraction of sp³-hybridized carbons (Fsp3) is 0.750. The summed E-state index contributed by atoms with van der Waals surface area (Å²) in [5.41, 5.74) is 0. The maximum Gasteiger partial charge on any atom is 0.404 e. The number of rotatable bonds is 4. The average molecular weight is 202 g/mol. The van der Waals surface area contributed by atoms with Gasteiger partial charge in [0.25, 0.3) is 0 Å². The van der Waals surface area contributed by atoms with Gasteiger partial charge in [-0.25, -0.2) is 4.79 Å². The molecule has 2 atom stereocenters. The summed E-state index contributed by atoms with van der Waals surface area (Å²) in [6, 6.07) is -0.554. The van der Waals surface area contributed by atoms with Crippen molar-refractivity contribution in [2.75, 3.05) is 13.2 Å². The standard InChI is InChI=1S/C8H14N2O4/c11-4-6(10-8(13)14)3-5-1-2-9-7(5)12/h5-6,10-11H,1-4H2,(H,9,12)(H,13,14)/t5-,6?/m0/s1. The van der Waals surface area contributed by atoms with Gasteiger partial charge >= 0.3 is 6.09 Å². The fourth-order valence-electron chi connectivity index (χ4n) is 1.57. The van der Waals surface area contributed by atoms with E-state index in [9.17, 15) is 9.59 Å². The van der Waals surface area contributed by atoms with Gasteiger partial charge in [0.05, 0.1) is 12.6 Å². The molecule has 0 spiro atoms. The summed E-state index contributed by atoms with van der Waals surface area (Å²) in [4.78, 5) is 21.4. The minimum absolute atomic E-state index is 0.0596. The quantitative estimate of drug-likeness (QED) is 0.476. The highest BCUT2D eigenvalue weighted by Gasteiger charge is 2.27. The number of aliphatic hydroxyl groups is 1. The van der Waals surface area contributed by atoms with Gasteiger partial charge < -0.3 is 20.8 Å². The van der Waals surface area contributed by atoms with E-state index >= 15 is 0 Å². The van der Waals surface area contributed by atoms with Crippen molar-refractivity contribution in [3.8, 4) is 0 Å². The second kappa shape index (κ2) is 4.80. The number of aliphatic hydroxyl groups excluding tert-OH is 1. The molecule has 6 nitrogen and oxygen atoms in total. The number of nitrogens with one attached hydrogen (secondary N) is 2. The second-order valence-electron chi connectivity index (χ2n) is 3.34. The Labute approximate surface area is 81.3 Å². The highest BCUT2D eigenvalue weighted by molar-refractivity contribution is 5.80. The fourth-order valence-corrected chi connectivity index (χ4v) is 1.57. The van der Waals surface area contributed by atoms with Crippen LogP contribution in [0.3, 0.4) is 0 Å². The van der Waals surface area contributed by atoms with Crippen molar-refractivity contribution in [1.82, 2.24) is 10.6 Å². The van der Waals surface area contributed by atoms with Gasteiger partial charge in [0.1, 0.15) is 0 Å². The van der Waals surface area contributed by atoms with Crippen molar-refractivity contribution in [2.24, 2.45) is 5.92 Å². The van der Waals surface area contributed by atoms with Gasteiger partial charge in [-0.05, 0) is 12.8 Å². The number of carbonyl (C=O) groups excluding carboxylic acids is 1. The van der Waals surface area contributed by atoms with Crippen LogP contribution < -0.4 is 10.6 Å².